The maximum absolute atomic E-state index is 10.9. The van der Waals surface area contributed by atoms with Gasteiger partial charge in [0.05, 0.1) is 0 Å². The highest BCUT2D eigenvalue weighted by molar-refractivity contribution is 5.88. The van der Waals surface area contributed by atoms with Gasteiger partial charge in [0.15, 0.2) is 0 Å². The van der Waals surface area contributed by atoms with Gasteiger partial charge in [0.25, 0.3) is 0 Å². The maximum Gasteiger partial charge on any atom is 0.331 e. The third kappa shape index (κ3) is 1.52. The monoisotopic (exact) mass is 168 g/mol. The van der Waals surface area contributed by atoms with Crippen LogP contribution in [0.3, 0.4) is 0 Å². The van der Waals surface area contributed by atoms with Gasteiger partial charge in [-0.05, 0) is 25.2 Å². The van der Waals surface area contributed by atoms with Gasteiger partial charge in [-0.25, -0.2) is 4.79 Å². The molecule has 0 heterocycles. The number of carboxylic acids is 1. The van der Waals surface area contributed by atoms with Crippen molar-refractivity contribution in [3.63, 3.8) is 0 Å². The van der Waals surface area contributed by atoms with E-state index in [1.165, 1.54) is 12.8 Å². The Morgan fingerprint density at radius 1 is 1.42 bits per heavy atom. The molecule has 1 aliphatic carbocycles. The van der Waals surface area contributed by atoms with Crippen LogP contribution in [0.4, 0.5) is 0 Å². The fraction of sp³-hybridized carbons (Fsp3) is 0.700. The Labute approximate surface area is 73.3 Å². The second-order valence-corrected chi connectivity index (χ2v) is 3.78. The van der Waals surface area contributed by atoms with Crippen LogP contribution in [0.1, 0.15) is 39.5 Å². The van der Waals surface area contributed by atoms with E-state index >= 15 is 0 Å². The predicted octanol–water partition coefficient (Wildman–Crippen LogP) is 2.60. The molecule has 1 rings (SSSR count). The average Bonchev–Trinajstić information content (AvgIpc) is 2.37. The zero-order valence-corrected chi connectivity index (χ0v) is 7.76. The van der Waals surface area contributed by atoms with Crippen molar-refractivity contribution in [2.45, 2.75) is 39.5 Å². The number of carboxylic acid groups (broad SMARTS) is 1. The highest BCUT2D eigenvalue weighted by Gasteiger charge is 2.35. The minimum absolute atomic E-state index is 0.0550. The van der Waals surface area contributed by atoms with E-state index in [4.69, 9.17) is 5.11 Å². The molecule has 2 heteroatoms. The first-order valence-corrected chi connectivity index (χ1v) is 4.50. The normalized spacial score (nSPS) is 22.7. The van der Waals surface area contributed by atoms with Gasteiger partial charge in [0, 0.05) is 5.57 Å². The first-order valence-electron chi connectivity index (χ1n) is 4.50. The number of carbonyl (C=O) groups is 1. The molecule has 0 aromatic carbocycles. The zero-order chi connectivity index (χ0) is 9.19. The summed E-state index contributed by atoms with van der Waals surface area (Å²) in [5.74, 6) is -0.748. The zero-order valence-electron chi connectivity index (χ0n) is 7.76. The fourth-order valence-electron chi connectivity index (χ4n) is 2.15. The molecular formula is C10H16O2. The Hall–Kier alpha value is -0.790. The molecule has 68 valence electrons. The van der Waals surface area contributed by atoms with E-state index < -0.39 is 5.97 Å². The first kappa shape index (κ1) is 9.30. The van der Waals surface area contributed by atoms with Crippen LogP contribution in [-0.2, 0) is 4.79 Å². The van der Waals surface area contributed by atoms with Crippen molar-refractivity contribution in [2.24, 2.45) is 5.41 Å². The van der Waals surface area contributed by atoms with Crippen molar-refractivity contribution in [2.75, 3.05) is 0 Å². The van der Waals surface area contributed by atoms with Crippen LogP contribution in [0.5, 0.6) is 0 Å². The van der Waals surface area contributed by atoms with E-state index in [1.54, 1.807) is 6.08 Å². The third-order valence-corrected chi connectivity index (χ3v) is 2.88. The lowest BCUT2D eigenvalue weighted by atomic mass is 9.80. The summed E-state index contributed by atoms with van der Waals surface area (Å²) < 4.78 is 0. The Balaban J connectivity index is 2.85. The summed E-state index contributed by atoms with van der Waals surface area (Å²) in [6, 6.07) is 0. The topological polar surface area (TPSA) is 37.3 Å². The van der Waals surface area contributed by atoms with Gasteiger partial charge in [0.1, 0.15) is 0 Å². The Bertz CT molecular complexity index is 210. The number of hydrogen-bond acceptors (Lipinski definition) is 1. The molecule has 0 atom stereocenters. The standard InChI is InChI=1S/C10H16O2/c1-3-8(9(11)12)10(2)6-4-5-7-10/h3H,4-7H2,1-2H3,(H,11,12)/b8-3-. The van der Waals surface area contributed by atoms with Gasteiger partial charge >= 0.3 is 5.97 Å². The molecule has 1 fully saturated rings. The van der Waals surface area contributed by atoms with Gasteiger partial charge in [0.2, 0.25) is 0 Å². The second-order valence-electron chi connectivity index (χ2n) is 3.78. The third-order valence-electron chi connectivity index (χ3n) is 2.88. The minimum Gasteiger partial charge on any atom is -0.478 e. The molecule has 0 aromatic rings. The second kappa shape index (κ2) is 3.30. The summed E-state index contributed by atoms with van der Waals surface area (Å²) in [5.41, 5.74) is 0.542. The smallest absolute Gasteiger partial charge is 0.331 e. The molecule has 1 N–H and O–H groups in total. The van der Waals surface area contributed by atoms with Crippen molar-refractivity contribution in [3.05, 3.63) is 11.6 Å². The van der Waals surface area contributed by atoms with Gasteiger partial charge in [-0.1, -0.05) is 25.8 Å². The summed E-state index contributed by atoms with van der Waals surface area (Å²) in [5, 5.41) is 8.93. The summed E-state index contributed by atoms with van der Waals surface area (Å²) in [4.78, 5) is 10.9. The van der Waals surface area contributed by atoms with Gasteiger partial charge in [-0.3, -0.25) is 0 Å². The van der Waals surface area contributed by atoms with Crippen molar-refractivity contribution in [3.8, 4) is 0 Å². The molecule has 0 spiro atoms. The molecular weight excluding hydrogens is 152 g/mol. The van der Waals surface area contributed by atoms with Crippen LogP contribution >= 0.6 is 0 Å². The van der Waals surface area contributed by atoms with Crippen LogP contribution < -0.4 is 0 Å². The lowest BCUT2D eigenvalue weighted by Crippen LogP contribution is -2.20. The van der Waals surface area contributed by atoms with E-state index in [-0.39, 0.29) is 5.41 Å². The lowest BCUT2D eigenvalue weighted by Gasteiger charge is -2.23. The SMILES string of the molecule is C/C=C(/C(=O)O)C1(C)CCCC1. The fourth-order valence-corrected chi connectivity index (χ4v) is 2.15. The molecule has 0 aliphatic heterocycles. The number of allylic oxidation sites excluding steroid dienone is 1. The summed E-state index contributed by atoms with van der Waals surface area (Å²) in [6.45, 7) is 3.87. The van der Waals surface area contributed by atoms with Crippen molar-refractivity contribution >= 4 is 5.97 Å². The highest BCUT2D eigenvalue weighted by atomic mass is 16.4. The van der Waals surface area contributed by atoms with Crippen LogP contribution in [-0.4, -0.2) is 11.1 Å². The van der Waals surface area contributed by atoms with Crippen molar-refractivity contribution in [1.82, 2.24) is 0 Å². The molecule has 0 saturated heterocycles. The average molecular weight is 168 g/mol. The quantitative estimate of drug-likeness (QED) is 0.643. The van der Waals surface area contributed by atoms with Crippen LogP contribution in [0.15, 0.2) is 11.6 Å². The number of rotatable bonds is 2. The number of aliphatic carboxylic acids is 1. The molecule has 1 aliphatic rings. The molecule has 12 heavy (non-hydrogen) atoms. The minimum atomic E-state index is -0.748. The van der Waals surface area contributed by atoms with Crippen LogP contribution in [0.25, 0.3) is 0 Å². The van der Waals surface area contributed by atoms with E-state index in [1.807, 2.05) is 6.92 Å². The van der Waals surface area contributed by atoms with Gasteiger partial charge in [-0.15, -0.1) is 0 Å². The van der Waals surface area contributed by atoms with Crippen LogP contribution in [0.2, 0.25) is 0 Å². The molecule has 1 saturated carbocycles. The largest absolute Gasteiger partial charge is 0.478 e. The Morgan fingerprint density at radius 3 is 2.25 bits per heavy atom. The maximum atomic E-state index is 10.9. The van der Waals surface area contributed by atoms with Crippen molar-refractivity contribution in [1.29, 1.82) is 0 Å². The number of hydrogen-bond donors (Lipinski definition) is 1. The summed E-state index contributed by atoms with van der Waals surface area (Å²) in [6.07, 6.45) is 6.13. The van der Waals surface area contributed by atoms with E-state index in [2.05, 4.69) is 6.92 Å². The van der Waals surface area contributed by atoms with E-state index in [0.717, 1.165) is 12.8 Å². The highest BCUT2D eigenvalue weighted by Crippen LogP contribution is 2.43. The van der Waals surface area contributed by atoms with Crippen LogP contribution in [0, 0.1) is 5.41 Å². The molecule has 0 unspecified atom stereocenters. The molecule has 0 radical (unpaired) electrons. The van der Waals surface area contributed by atoms with E-state index in [9.17, 15) is 4.79 Å². The lowest BCUT2D eigenvalue weighted by molar-refractivity contribution is -0.133. The molecule has 0 aromatic heterocycles. The molecule has 2 nitrogen and oxygen atoms in total. The van der Waals surface area contributed by atoms with Gasteiger partial charge in [-0.2, -0.15) is 0 Å². The van der Waals surface area contributed by atoms with E-state index in [0.29, 0.717) is 5.57 Å². The predicted molar refractivity (Wildman–Crippen MR) is 48.0 cm³/mol. The summed E-state index contributed by atoms with van der Waals surface area (Å²) in [7, 11) is 0. The molecule has 0 amide bonds. The molecule has 0 bridgehead atoms. The summed E-state index contributed by atoms with van der Waals surface area (Å²) >= 11 is 0. The van der Waals surface area contributed by atoms with Crippen molar-refractivity contribution < 1.29 is 9.90 Å². The Kier molecular flexibility index (Phi) is 2.55. The Morgan fingerprint density at radius 2 is 1.92 bits per heavy atom. The van der Waals surface area contributed by atoms with Gasteiger partial charge < -0.3 is 5.11 Å². The first-order chi connectivity index (χ1) is 5.60.